The molecule has 12 heavy (non-hydrogen) atoms. The average molecular weight is 243 g/mol. The van der Waals surface area contributed by atoms with Crippen LogP contribution >= 0.6 is 29.7 Å². The van der Waals surface area contributed by atoms with Gasteiger partial charge in [-0.3, -0.25) is 0 Å². The molecule has 0 saturated carbocycles. The summed E-state index contributed by atoms with van der Waals surface area (Å²) in [5, 5.41) is 0.440. The van der Waals surface area contributed by atoms with Gasteiger partial charge in [0.05, 0.1) is 15.3 Å². The fourth-order valence-electron chi connectivity index (χ4n) is 0.767. The first-order valence-electron chi connectivity index (χ1n) is 2.93. The number of halogens is 2. The van der Waals surface area contributed by atoms with Gasteiger partial charge in [0.15, 0.2) is 0 Å². The van der Waals surface area contributed by atoms with Gasteiger partial charge in [0.1, 0.15) is 0 Å². The van der Waals surface area contributed by atoms with Gasteiger partial charge in [-0.25, -0.2) is 0 Å². The van der Waals surface area contributed by atoms with Crippen molar-refractivity contribution >= 4 is 46.8 Å². The highest BCUT2D eigenvalue weighted by Gasteiger charge is 2.19. The Morgan fingerprint density at radius 2 is 1.58 bits per heavy atom. The van der Waals surface area contributed by atoms with Crippen LogP contribution in [-0.2, 0) is 11.8 Å². The third kappa shape index (κ3) is 2.19. The van der Waals surface area contributed by atoms with Crippen LogP contribution in [0.1, 0.15) is 0 Å². The third-order valence-corrected chi connectivity index (χ3v) is 3.73. The second kappa shape index (κ2) is 3.62. The van der Waals surface area contributed by atoms with Gasteiger partial charge in [-0.1, -0.05) is 29.3 Å². The van der Waals surface area contributed by atoms with Crippen LogP contribution in [0, 0.1) is 0 Å². The van der Waals surface area contributed by atoms with E-state index in [1.54, 1.807) is 6.07 Å². The number of hydrogen-bond acceptors (Lipinski definition) is 1. The molecule has 66 valence electrons. The Kier molecular flexibility index (Phi) is 3.16. The van der Waals surface area contributed by atoms with Crippen molar-refractivity contribution in [1.29, 1.82) is 0 Å². The zero-order valence-corrected chi connectivity index (χ0v) is 8.96. The second-order valence-electron chi connectivity index (χ2n) is 2.11. The van der Waals surface area contributed by atoms with Gasteiger partial charge in [-0.05, 0) is 23.9 Å². The first-order chi connectivity index (χ1) is 5.43. The summed E-state index contributed by atoms with van der Waals surface area (Å²) < 4.78 is 0. The van der Waals surface area contributed by atoms with Crippen LogP contribution in [-0.4, -0.2) is 9.79 Å². The predicted octanol–water partition coefficient (Wildman–Crippen LogP) is 1.91. The van der Waals surface area contributed by atoms with E-state index in [-0.39, 0.29) is 15.3 Å². The summed E-state index contributed by atoms with van der Waals surface area (Å²) in [6.45, 7) is -3.52. The molecule has 2 N–H and O–H groups in total. The molecule has 0 saturated heterocycles. The van der Waals surface area contributed by atoms with Crippen molar-refractivity contribution in [3.8, 4) is 0 Å². The van der Waals surface area contributed by atoms with E-state index in [2.05, 4.69) is 11.8 Å². The van der Waals surface area contributed by atoms with Crippen molar-refractivity contribution in [2.24, 2.45) is 0 Å². The summed E-state index contributed by atoms with van der Waals surface area (Å²) in [6, 6.07) is 4.63. The van der Waals surface area contributed by atoms with E-state index in [0.717, 1.165) is 0 Å². The Hall–Kier alpha value is 0.370. The molecule has 0 aliphatic heterocycles. The molecular formula is C6H5Cl2O2PS. The van der Waals surface area contributed by atoms with Gasteiger partial charge in [-0.2, -0.15) is 0 Å². The fourth-order valence-corrected chi connectivity index (χ4v) is 3.47. The lowest BCUT2D eigenvalue weighted by Gasteiger charge is -2.10. The summed E-state index contributed by atoms with van der Waals surface area (Å²) in [7, 11) is 0. The van der Waals surface area contributed by atoms with Crippen molar-refractivity contribution < 1.29 is 9.79 Å². The van der Waals surface area contributed by atoms with Gasteiger partial charge in [0, 0.05) is 0 Å². The highest BCUT2D eigenvalue weighted by molar-refractivity contribution is 8.12. The molecule has 0 bridgehead atoms. The molecule has 1 rings (SSSR count). The lowest BCUT2D eigenvalue weighted by Crippen LogP contribution is -2.06. The average Bonchev–Trinajstić information content (AvgIpc) is 1.82. The zero-order valence-electron chi connectivity index (χ0n) is 5.74. The lowest BCUT2D eigenvalue weighted by atomic mass is 10.4. The van der Waals surface area contributed by atoms with Crippen molar-refractivity contribution in [3.05, 3.63) is 28.2 Å². The molecule has 0 heterocycles. The van der Waals surface area contributed by atoms with E-state index in [4.69, 9.17) is 33.0 Å². The Bertz CT molecular complexity index is 329. The van der Waals surface area contributed by atoms with Crippen LogP contribution in [0.4, 0.5) is 0 Å². The molecule has 0 aromatic heterocycles. The molecule has 0 fully saturated rings. The molecule has 1 aromatic rings. The van der Waals surface area contributed by atoms with Crippen LogP contribution < -0.4 is 5.30 Å². The van der Waals surface area contributed by atoms with E-state index in [1.807, 2.05) is 0 Å². The van der Waals surface area contributed by atoms with Crippen molar-refractivity contribution in [2.45, 2.75) is 0 Å². The smallest absolute Gasteiger partial charge is 0.217 e. The molecule has 0 atom stereocenters. The predicted molar refractivity (Wildman–Crippen MR) is 54.8 cm³/mol. The number of hydrogen-bond donors (Lipinski definition) is 2. The van der Waals surface area contributed by atoms with Crippen molar-refractivity contribution in [3.63, 3.8) is 0 Å². The first kappa shape index (κ1) is 10.5. The van der Waals surface area contributed by atoms with E-state index in [1.165, 1.54) is 12.1 Å². The summed E-state index contributed by atoms with van der Waals surface area (Å²) >= 11 is 15.8. The minimum atomic E-state index is -3.52. The number of benzene rings is 1. The first-order valence-corrected chi connectivity index (χ1v) is 6.39. The standard InChI is InChI=1S/C6H5Cl2O2PS/c7-4-2-1-3-5(8)6(4)11(9,10)12/h1-3H,(H2,9,10,12). The molecule has 0 radical (unpaired) electrons. The van der Waals surface area contributed by atoms with Crippen molar-refractivity contribution in [1.82, 2.24) is 0 Å². The minimum Gasteiger partial charge on any atom is -0.342 e. The summed E-state index contributed by atoms with van der Waals surface area (Å²) in [6.07, 6.45) is 0. The van der Waals surface area contributed by atoms with E-state index in [9.17, 15) is 0 Å². The van der Waals surface area contributed by atoms with E-state index in [0.29, 0.717) is 0 Å². The second-order valence-corrected chi connectivity index (χ2v) is 5.99. The van der Waals surface area contributed by atoms with Crippen molar-refractivity contribution in [2.75, 3.05) is 0 Å². The van der Waals surface area contributed by atoms with Gasteiger partial charge in [0.25, 0.3) is 0 Å². The topological polar surface area (TPSA) is 40.5 Å². The molecule has 0 amide bonds. The van der Waals surface area contributed by atoms with Crippen LogP contribution in [0.25, 0.3) is 0 Å². The normalized spacial score (nSPS) is 11.7. The van der Waals surface area contributed by atoms with E-state index < -0.39 is 6.49 Å². The Morgan fingerprint density at radius 1 is 1.17 bits per heavy atom. The molecule has 0 spiro atoms. The molecular weight excluding hydrogens is 238 g/mol. The monoisotopic (exact) mass is 242 g/mol. The number of rotatable bonds is 1. The fraction of sp³-hybridized carbons (Fsp3) is 0. The van der Waals surface area contributed by atoms with Crippen LogP contribution in [0.3, 0.4) is 0 Å². The minimum absolute atomic E-state index is 0.0586. The molecule has 0 aliphatic carbocycles. The van der Waals surface area contributed by atoms with Crippen LogP contribution in [0.2, 0.25) is 10.0 Å². The third-order valence-electron chi connectivity index (χ3n) is 1.23. The lowest BCUT2D eigenvalue weighted by molar-refractivity contribution is 0.493. The van der Waals surface area contributed by atoms with E-state index >= 15 is 0 Å². The Labute approximate surface area is 84.9 Å². The van der Waals surface area contributed by atoms with Gasteiger partial charge in [0.2, 0.25) is 6.49 Å². The summed E-state index contributed by atoms with van der Waals surface area (Å²) in [5.74, 6) is 0. The molecule has 0 aliphatic rings. The van der Waals surface area contributed by atoms with Crippen LogP contribution in [0.5, 0.6) is 0 Å². The summed E-state index contributed by atoms with van der Waals surface area (Å²) in [5.41, 5.74) is 0. The highest BCUT2D eigenvalue weighted by atomic mass is 35.5. The SMILES string of the molecule is OP(O)(=S)c1c(Cl)cccc1Cl. The largest absolute Gasteiger partial charge is 0.342 e. The molecule has 1 aromatic carbocycles. The Morgan fingerprint density at radius 3 is 1.83 bits per heavy atom. The Balaban J connectivity index is 3.42. The highest BCUT2D eigenvalue weighted by Crippen LogP contribution is 2.39. The maximum atomic E-state index is 9.16. The van der Waals surface area contributed by atoms with Gasteiger partial charge >= 0.3 is 0 Å². The quantitative estimate of drug-likeness (QED) is 0.740. The van der Waals surface area contributed by atoms with Gasteiger partial charge < -0.3 is 9.79 Å². The van der Waals surface area contributed by atoms with Gasteiger partial charge in [-0.15, -0.1) is 0 Å². The summed E-state index contributed by atoms with van der Waals surface area (Å²) in [4.78, 5) is 18.3. The maximum Gasteiger partial charge on any atom is 0.217 e. The maximum absolute atomic E-state index is 9.16. The van der Waals surface area contributed by atoms with Crippen LogP contribution in [0.15, 0.2) is 18.2 Å². The molecule has 6 heteroatoms. The zero-order chi connectivity index (χ0) is 9.35. The molecule has 2 nitrogen and oxygen atoms in total. The molecule has 0 unspecified atom stereocenters.